The Morgan fingerprint density at radius 2 is 1.91 bits per heavy atom. The predicted octanol–water partition coefficient (Wildman–Crippen LogP) is 4.26. The molecule has 0 saturated carbocycles. The number of carbonyl (C=O) groups is 1. The molecular formula is C15H11Br2ClN2O2. The molecule has 0 aromatic heterocycles. The topological polar surface area (TPSA) is 61.7 Å². The molecule has 2 N–H and O–H groups in total. The van der Waals surface area contributed by atoms with E-state index >= 15 is 0 Å². The first kappa shape index (κ1) is 17.0. The second-order valence-corrected chi connectivity index (χ2v) is 6.57. The van der Waals surface area contributed by atoms with Crippen molar-refractivity contribution in [3.63, 3.8) is 0 Å². The Morgan fingerprint density at radius 3 is 2.59 bits per heavy atom. The van der Waals surface area contributed by atoms with Gasteiger partial charge in [-0.2, -0.15) is 5.10 Å². The molecule has 4 nitrogen and oxygen atoms in total. The Morgan fingerprint density at radius 1 is 1.23 bits per heavy atom. The van der Waals surface area contributed by atoms with Crippen LogP contribution in [0.25, 0.3) is 0 Å². The van der Waals surface area contributed by atoms with Gasteiger partial charge in [0.2, 0.25) is 5.91 Å². The van der Waals surface area contributed by atoms with E-state index in [0.717, 1.165) is 10.0 Å². The van der Waals surface area contributed by atoms with Gasteiger partial charge in [-0.15, -0.1) is 0 Å². The van der Waals surface area contributed by atoms with Gasteiger partial charge >= 0.3 is 0 Å². The molecule has 2 aromatic carbocycles. The molecule has 0 bridgehead atoms. The van der Waals surface area contributed by atoms with E-state index in [1.807, 2.05) is 0 Å². The fourth-order valence-electron chi connectivity index (χ4n) is 1.65. The van der Waals surface area contributed by atoms with Gasteiger partial charge in [0.1, 0.15) is 5.75 Å². The monoisotopic (exact) mass is 444 g/mol. The lowest BCUT2D eigenvalue weighted by Crippen LogP contribution is -2.19. The average Bonchev–Trinajstić information content (AvgIpc) is 2.47. The maximum atomic E-state index is 11.8. The number of hydrazone groups is 1. The molecular weight excluding hydrogens is 435 g/mol. The fraction of sp³-hybridized carbons (Fsp3) is 0.0667. The van der Waals surface area contributed by atoms with Crippen LogP contribution in [0, 0.1) is 0 Å². The van der Waals surface area contributed by atoms with E-state index in [4.69, 9.17) is 11.6 Å². The van der Waals surface area contributed by atoms with E-state index in [-0.39, 0.29) is 18.1 Å². The van der Waals surface area contributed by atoms with Crippen molar-refractivity contribution >= 4 is 55.6 Å². The second kappa shape index (κ2) is 7.76. The highest BCUT2D eigenvalue weighted by Gasteiger charge is 2.05. The van der Waals surface area contributed by atoms with E-state index in [1.165, 1.54) is 12.3 Å². The zero-order chi connectivity index (χ0) is 16.1. The van der Waals surface area contributed by atoms with Gasteiger partial charge in [-0.3, -0.25) is 4.79 Å². The molecule has 0 saturated heterocycles. The standard InChI is InChI=1S/C15H11Br2ClN2O2/c16-12-7-13(17)14(21)6-10(12)8-19-20-15(22)5-9-1-3-11(18)4-2-9/h1-4,6-8,21H,5H2,(H,20,22)/b19-8-. The molecule has 0 aliphatic carbocycles. The molecule has 0 heterocycles. The Labute approximate surface area is 149 Å². The summed E-state index contributed by atoms with van der Waals surface area (Å²) in [4.78, 5) is 11.8. The van der Waals surface area contributed by atoms with Gasteiger partial charge in [-0.25, -0.2) is 5.43 Å². The first-order valence-corrected chi connectivity index (χ1v) is 8.16. The van der Waals surface area contributed by atoms with Crippen molar-refractivity contribution < 1.29 is 9.90 Å². The third-order valence-corrected chi connectivity index (χ3v) is 4.31. The van der Waals surface area contributed by atoms with Crippen LogP contribution in [0.15, 0.2) is 50.4 Å². The summed E-state index contributed by atoms with van der Waals surface area (Å²) in [6.45, 7) is 0. The number of halogens is 3. The molecule has 1 amide bonds. The predicted molar refractivity (Wildman–Crippen MR) is 94.4 cm³/mol. The zero-order valence-corrected chi connectivity index (χ0v) is 15.1. The molecule has 0 unspecified atom stereocenters. The Kier molecular flexibility index (Phi) is 5.99. The summed E-state index contributed by atoms with van der Waals surface area (Å²) in [5.74, 6) is -0.145. The van der Waals surface area contributed by atoms with Gasteiger partial charge in [0.05, 0.1) is 17.1 Å². The molecule has 0 fully saturated rings. The summed E-state index contributed by atoms with van der Waals surface area (Å²) >= 11 is 12.3. The van der Waals surface area contributed by atoms with Crippen LogP contribution >= 0.6 is 43.5 Å². The normalized spacial score (nSPS) is 10.9. The maximum Gasteiger partial charge on any atom is 0.244 e. The van der Waals surface area contributed by atoms with E-state index < -0.39 is 0 Å². The molecule has 0 radical (unpaired) electrons. The highest BCUT2D eigenvalue weighted by molar-refractivity contribution is 9.11. The quantitative estimate of drug-likeness (QED) is 0.545. The van der Waals surface area contributed by atoms with E-state index in [2.05, 4.69) is 42.4 Å². The summed E-state index contributed by atoms with van der Waals surface area (Å²) < 4.78 is 1.32. The molecule has 2 aromatic rings. The number of rotatable bonds is 4. The van der Waals surface area contributed by atoms with Gasteiger partial charge in [-0.1, -0.05) is 39.7 Å². The molecule has 2 rings (SSSR count). The lowest BCUT2D eigenvalue weighted by atomic mass is 10.1. The number of benzene rings is 2. The zero-order valence-electron chi connectivity index (χ0n) is 11.2. The van der Waals surface area contributed by atoms with Crippen LogP contribution in [-0.4, -0.2) is 17.2 Å². The minimum absolute atomic E-state index is 0.0946. The summed E-state index contributed by atoms with van der Waals surface area (Å²) in [5, 5.41) is 14.1. The van der Waals surface area contributed by atoms with Crippen LogP contribution in [0.3, 0.4) is 0 Å². The average molecular weight is 447 g/mol. The molecule has 7 heteroatoms. The van der Waals surface area contributed by atoms with Crippen molar-refractivity contribution in [3.8, 4) is 5.75 Å². The summed E-state index contributed by atoms with van der Waals surface area (Å²) in [6.07, 6.45) is 1.66. The van der Waals surface area contributed by atoms with E-state index in [0.29, 0.717) is 15.1 Å². The third-order valence-electron chi connectivity index (χ3n) is 2.74. The maximum absolute atomic E-state index is 11.8. The Hall–Kier alpha value is -1.37. The van der Waals surface area contributed by atoms with Crippen molar-refractivity contribution in [1.82, 2.24) is 5.43 Å². The minimum atomic E-state index is -0.240. The summed E-state index contributed by atoms with van der Waals surface area (Å²) in [7, 11) is 0. The number of phenols is 1. The Balaban J connectivity index is 1.96. The third kappa shape index (κ3) is 4.83. The molecule has 0 spiro atoms. The number of carbonyl (C=O) groups excluding carboxylic acids is 1. The lowest BCUT2D eigenvalue weighted by Gasteiger charge is -2.03. The van der Waals surface area contributed by atoms with Gasteiger partial charge < -0.3 is 5.11 Å². The molecule has 0 aliphatic rings. The largest absolute Gasteiger partial charge is 0.507 e. The van der Waals surface area contributed by atoms with Crippen molar-refractivity contribution in [2.75, 3.05) is 0 Å². The van der Waals surface area contributed by atoms with Crippen LogP contribution in [0.1, 0.15) is 11.1 Å². The minimum Gasteiger partial charge on any atom is -0.507 e. The van der Waals surface area contributed by atoms with E-state index in [1.54, 1.807) is 30.3 Å². The molecule has 114 valence electrons. The van der Waals surface area contributed by atoms with Crippen LogP contribution in [0.4, 0.5) is 0 Å². The van der Waals surface area contributed by atoms with Crippen molar-refractivity contribution in [2.24, 2.45) is 5.10 Å². The van der Waals surface area contributed by atoms with Crippen LogP contribution in [0.5, 0.6) is 5.75 Å². The SMILES string of the molecule is O=C(Cc1ccc(Cl)cc1)N/N=C\c1cc(O)c(Br)cc1Br. The highest BCUT2D eigenvalue weighted by Crippen LogP contribution is 2.29. The van der Waals surface area contributed by atoms with Gasteiger partial charge in [0.25, 0.3) is 0 Å². The number of hydrogen-bond acceptors (Lipinski definition) is 3. The van der Waals surface area contributed by atoms with E-state index in [9.17, 15) is 9.90 Å². The fourth-order valence-corrected chi connectivity index (χ4v) is 2.88. The van der Waals surface area contributed by atoms with Crippen molar-refractivity contribution in [3.05, 3.63) is 61.5 Å². The molecule has 0 aliphatic heterocycles. The number of phenolic OH excluding ortho intramolecular Hbond substituents is 1. The second-order valence-electron chi connectivity index (χ2n) is 4.42. The van der Waals surface area contributed by atoms with Gasteiger partial charge in [0, 0.05) is 15.1 Å². The number of amides is 1. The first-order valence-electron chi connectivity index (χ1n) is 6.20. The van der Waals surface area contributed by atoms with Crippen LogP contribution in [0.2, 0.25) is 5.02 Å². The van der Waals surface area contributed by atoms with Crippen LogP contribution in [-0.2, 0) is 11.2 Å². The van der Waals surface area contributed by atoms with Crippen molar-refractivity contribution in [1.29, 1.82) is 0 Å². The summed E-state index contributed by atoms with van der Waals surface area (Å²) in [6, 6.07) is 10.3. The highest BCUT2D eigenvalue weighted by atomic mass is 79.9. The number of hydrogen-bond donors (Lipinski definition) is 2. The molecule has 0 atom stereocenters. The van der Waals surface area contributed by atoms with Gasteiger partial charge in [-0.05, 0) is 45.8 Å². The van der Waals surface area contributed by atoms with Crippen LogP contribution < -0.4 is 5.43 Å². The molecule has 22 heavy (non-hydrogen) atoms. The number of aromatic hydroxyl groups is 1. The van der Waals surface area contributed by atoms with Gasteiger partial charge in [0.15, 0.2) is 0 Å². The van der Waals surface area contributed by atoms with Crippen molar-refractivity contribution in [2.45, 2.75) is 6.42 Å². The summed E-state index contributed by atoms with van der Waals surface area (Å²) in [5.41, 5.74) is 3.93. The Bertz CT molecular complexity index is 718. The first-order chi connectivity index (χ1) is 10.5. The number of nitrogens with zero attached hydrogens (tertiary/aromatic N) is 1. The number of nitrogens with one attached hydrogen (secondary N) is 1. The smallest absolute Gasteiger partial charge is 0.244 e. The lowest BCUT2D eigenvalue weighted by molar-refractivity contribution is -0.120.